The van der Waals surface area contributed by atoms with Crippen molar-refractivity contribution in [3.63, 3.8) is 0 Å². The summed E-state index contributed by atoms with van der Waals surface area (Å²) in [5, 5.41) is 0. The summed E-state index contributed by atoms with van der Waals surface area (Å²) in [5.41, 5.74) is 0. The van der Waals surface area contributed by atoms with Gasteiger partial charge in [0.2, 0.25) is 0 Å². The third-order valence-corrected chi connectivity index (χ3v) is 5.66. The Kier molecular flexibility index (Phi) is 23.0. The van der Waals surface area contributed by atoms with E-state index in [0.29, 0.717) is 0 Å². The van der Waals surface area contributed by atoms with Crippen LogP contribution in [0.5, 0.6) is 0 Å². The van der Waals surface area contributed by atoms with Gasteiger partial charge >= 0.3 is 0 Å². The van der Waals surface area contributed by atoms with E-state index in [0.717, 1.165) is 0 Å². The first-order valence-corrected chi connectivity index (χ1v) is 12.6. The largest absolute Gasteiger partial charge is 0.303 e. The summed E-state index contributed by atoms with van der Waals surface area (Å²) in [6, 6.07) is 0. The van der Waals surface area contributed by atoms with E-state index in [1.54, 1.807) is 0 Å². The molecule has 0 aliphatic heterocycles. The van der Waals surface area contributed by atoms with Gasteiger partial charge in [0.25, 0.3) is 0 Å². The highest BCUT2D eigenvalue weighted by molar-refractivity contribution is 4.57. The van der Waals surface area contributed by atoms with Gasteiger partial charge in [0, 0.05) is 0 Å². The van der Waals surface area contributed by atoms with E-state index in [1.165, 1.54) is 142 Å². The lowest BCUT2D eigenvalue weighted by atomic mass is 10.0. The molecule has 0 aliphatic rings. The van der Waals surface area contributed by atoms with Crippen LogP contribution in [0.3, 0.4) is 0 Å². The van der Waals surface area contributed by atoms with E-state index < -0.39 is 0 Å². The summed E-state index contributed by atoms with van der Waals surface area (Å²) < 4.78 is 0. The number of nitrogens with zero attached hydrogens (tertiary/aromatic N) is 1. The summed E-state index contributed by atoms with van der Waals surface area (Å²) in [7, 11) is 0. The Bertz CT molecular complexity index is 232. The molecule has 0 amide bonds. The first kappa shape index (κ1) is 26.0. The van der Waals surface area contributed by atoms with Gasteiger partial charge in [0.1, 0.15) is 0 Å². The summed E-state index contributed by atoms with van der Waals surface area (Å²) in [5.74, 6) is 0. The van der Waals surface area contributed by atoms with Crippen LogP contribution < -0.4 is 0 Å². The second-order valence-corrected chi connectivity index (χ2v) is 8.50. The van der Waals surface area contributed by atoms with Crippen LogP contribution in [-0.4, -0.2) is 24.5 Å². The van der Waals surface area contributed by atoms with Crippen molar-refractivity contribution in [3.8, 4) is 0 Å². The van der Waals surface area contributed by atoms with Crippen LogP contribution in [-0.2, 0) is 0 Å². The molecule has 0 aliphatic carbocycles. The highest BCUT2D eigenvalue weighted by Crippen LogP contribution is 2.14. The fraction of sp³-hybridized carbons (Fsp3) is 1.00. The molecule has 0 atom stereocenters. The van der Waals surface area contributed by atoms with Crippen molar-refractivity contribution in [2.24, 2.45) is 0 Å². The Hall–Kier alpha value is -0.0400. The van der Waals surface area contributed by atoms with E-state index in [1.807, 2.05) is 0 Å². The van der Waals surface area contributed by atoms with E-state index in [4.69, 9.17) is 0 Å². The van der Waals surface area contributed by atoms with E-state index in [2.05, 4.69) is 25.7 Å². The highest BCUT2D eigenvalue weighted by Gasteiger charge is 2.01. The maximum absolute atomic E-state index is 2.66. The molecule has 0 spiro atoms. The van der Waals surface area contributed by atoms with Crippen LogP contribution in [0.1, 0.15) is 143 Å². The van der Waals surface area contributed by atoms with Gasteiger partial charge in [-0.05, 0) is 38.9 Å². The Morgan fingerprint density at radius 2 is 0.615 bits per heavy atom. The van der Waals surface area contributed by atoms with Crippen molar-refractivity contribution in [2.75, 3.05) is 19.6 Å². The van der Waals surface area contributed by atoms with Crippen molar-refractivity contribution in [3.05, 3.63) is 0 Å². The topological polar surface area (TPSA) is 3.24 Å². The third kappa shape index (κ3) is 20.3. The standard InChI is InChI=1S/C25H53N/c1-4-7-8-9-10-11-12-13-14-15-16-17-18-19-20-21-22-25-26(23-5-2)24-6-3/h4-25H2,1-3H3. The maximum atomic E-state index is 2.66. The molecule has 0 heterocycles. The summed E-state index contributed by atoms with van der Waals surface area (Å²) in [6.07, 6.45) is 27.5. The first-order chi connectivity index (χ1) is 12.8. The number of hydrogen-bond acceptors (Lipinski definition) is 1. The van der Waals surface area contributed by atoms with Crippen LogP contribution in [0.4, 0.5) is 0 Å². The second kappa shape index (κ2) is 23.0. The maximum Gasteiger partial charge on any atom is -0.00187 e. The van der Waals surface area contributed by atoms with Crippen molar-refractivity contribution in [1.82, 2.24) is 4.90 Å². The second-order valence-electron chi connectivity index (χ2n) is 8.50. The molecule has 0 fully saturated rings. The first-order valence-electron chi connectivity index (χ1n) is 12.6. The fourth-order valence-corrected chi connectivity index (χ4v) is 4.03. The van der Waals surface area contributed by atoms with Crippen LogP contribution >= 0.6 is 0 Å². The molecule has 0 N–H and O–H groups in total. The van der Waals surface area contributed by atoms with Crippen molar-refractivity contribution >= 4 is 0 Å². The van der Waals surface area contributed by atoms with Gasteiger partial charge in [-0.2, -0.15) is 0 Å². The average molecular weight is 368 g/mol. The molecule has 0 aromatic rings. The van der Waals surface area contributed by atoms with Crippen LogP contribution in [0, 0.1) is 0 Å². The van der Waals surface area contributed by atoms with E-state index in [-0.39, 0.29) is 0 Å². The molecule has 0 aromatic carbocycles. The molecule has 0 radical (unpaired) electrons. The molecule has 1 nitrogen and oxygen atoms in total. The van der Waals surface area contributed by atoms with Gasteiger partial charge < -0.3 is 4.90 Å². The molecule has 0 unspecified atom stereocenters. The Morgan fingerprint density at radius 1 is 0.308 bits per heavy atom. The SMILES string of the molecule is CCCCCCCCCCCCCCCCCCCN(CCC)CCC. The lowest BCUT2D eigenvalue weighted by Crippen LogP contribution is -2.26. The van der Waals surface area contributed by atoms with Crippen LogP contribution in [0.25, 0.3) is 0 Å². The number of unbranched alkanes of at least 4 members (excludes halogenated alkanes) is 16. The van der Waals surface area contributed by atoms with Gasteiger partial charge in [-0.1, -0.05) is 124 Å². The normalized spacial score (nSPS) is 11.5. The molecule has 26 heavy (non-hydrogen) atoms. The van der Waals surface area contributed by atoms with Crippen molar-refractivity contribution in [1.29, 1.82) is 0 Å². The van der Waals surface area contributed by atoms with Gasteiger partial charge in [-0.15, -0.1) is 0 Å². The molecular formula is C25H53N. The number of hydrogen-bond donors (Lipinski definition) is 0. The van der Waals surface area contributed by atoms with Gasteiger partial charge in [-0.3, -0.25) is 0 Å². The molecule has 1 heteroatoms. The molecule has 0 saturated carbocycles. The molecular weight excluding hydrogens is 314 g/mol. The zero-order valence-corrected chi connectivity index (χ0v) is 19.0. The molecule has 158 valence electrons. The van der Waals surface area contributed by atoms with E-state index in [9.17, 15) is 0 Å². The zero-order valence-electron chi connectivity index (χ0n) is 19.0. The third-order valence-electron chi connectivity index (χ3n) is 5.66. The highest BCUT2D eigenvalue weighted by atomic mass is 15.1. The number of rotatable bonds is 22. The lowest BCUT2D eigenvalue weighted by Gasteiger charge is -2.20. The summed E-state index contributed by atoms with van der Waals surface area (Å²) >= 11 is 0. The fourth-order valence-electron chi connectivity index (χ4n) is 4.03. The molecule has 0 rings (SSSR count). The summed E-state index contributed by atoms with van der Waals surface area (Å²) in [6.45, 7) is 10.8. The van der Waals surface area contributed by atoms with Crippen molar-refractivity contribution in [2.45, 2.75) is 143 Å². The van der Waals surface area contributed by atoms with Gasteiger partial charge in [0.05, 0.1) is 0 Å². The lowest BCUT2D eigenvalue weighted by molar-refractivity contribution is 0.267. The Morgan fingerprint density at radius 3 is 0.923 bits per heavy atom. The van der Waals surface area contributed by atoms with Gasteiger partial charge in [-0.25, -0.2) is 0 Å². The monoisotopic (exact) mass is 367 g/mol. The van der Waals surface area contributed by atoms with Crippen molar-refractivity contribution < 1.29 is 0 Å². The summed E-state index contributed by atoms with van der Waals surface area (Å²) in [4.78, 5) is 2.66. The van der Waals surface area contributed by atoms with E-state index >= 15 is 0 Å². The molecule has 0 bridgehead atoms. The minimum absolute atomic E-state index is 1.30. The minimum Gasteiger partial charge on any atom is -0.303 e. The predicted molar refractivity (Wildman–Crippen MR) is 121 cm³/mol. The van der Waals surface area contributed by atoms with Crippen LogP contribution in [0.2, 0.25) is 0 Å². The van der Waals surface area contributed by atoms with Crippen LogP contribution in [0.15, 0.2) is 0 Å². The smallest absolute Gasteiger partial charge is 0.00187 e. The molecule has 0 saturated heterocycles. The molecule has 0 aromatic heterocycles. The Labute approximate surface area is 167 Å². The quantitative estimate of drug-likeness (QED) is 0.173. The average Bonchev–Trinajstić information content (AvgIpc) is 2.64. The van der Waals surface area contributed by atoms with Gasteiger partial charge in [0.15, 0.2) is 0 Å². The Balaban J connectivity index is 3.13. The zero-order chi connectivity index (χ0) is 19.1. The predicted octanol–water partition coefficient (Wildman–Crippen LogP) is 8.76. The minimum atomic E-state index is 1.30.